The Morgan fingerprint density at radius 3 is 2.10 bits per heavy atom. The number of rotatable bonds is 13. The van der Waals surface area contributed by atoms with Crippen LogP contribution in [-0.2, 0) is 29.2 Å². The molecule has 4 rings (SSSR count). The Morgan fingerprint density at radius 2 is 1.50 bits per heavy atom. The smallest absolute Gasteiger partial charge is 0.226 e. The Labute approximate surface area is 264 Å². The van der Waals surface area contributed by atoms with E-state index in [1.54, 1.807) is 0 Å². The molecule has 0 aliphatic carbocycles. The Morgan fingerprint density at radius 1 is 0.881 bits per heavy atom. The predicted octanol–water partition coefficient (Wildman–Crippen LogP) is 8.14. The van der Waals surface area contributed by atoms with Crippen molar-refractivity contribution in [3.05, 3.63) is 40.7 Å². The first kappa shape index (κ1) is 34.2. The van der Waals surface area contributed by atoms with Gasteiger partial charge in [-0.3, -0.25) is 0 Å². The summed E-state index contributed by atoms with van der Waals surface area (Å²) in [7, 11) is -5.45. The largest absolute Gasteiger partial charge is 0.441 e. The summed E-state index contributed by atoms with van der Waals surface area (Å²) < 4.78 is 40.4. The van der Waals surface area contributed by atoms with Crippen molar-refractivity contribution in [2.45, 2.75) is 122 Å². The third-order valence-corrected chi connectivity index (χ3v) is 11.2. The van der Waals surface area contributed by atoms with E-state index in [2.05, 4.69) is 93.7 Å². The summed E-state index contributed by atoms with van der Waals surface area (Å²) in [5.41, 5.74) is 0.946. The van der Waals surface area contributed by atoms with Gasteiger partial charge >= 0.3 is 0 Å². The van der Waals surface area contributed by atoms with Gasteiger partial charge in [-0.15, -0.1) is 0 Å². The van der Waals surface area contributed by atoms with Gasteiger partial charge in [-0.05, 0) is 96.5 Å². The molecule has 0 amide bonds. The highest BCUT2D eigenvalue weighted by molar-refractivity contribution is 9.10. The molecule has 7 nitrogen and oxygen atoms in total. The van der Waals surface area contributed by atoms with E-state index < -0.39 is 25.0 Å². The molecule has 2 aliphatic rings. The van der Waals surface area contributed by atoms with Crippen LogP contribution in [0.4, 0.5) is 0 Å². The van der Waals surface area contributed by atoms with Crippen molar-refractivity contribution >= 4 is 40.9 Å². The molecular weight excluding hydrogens is 647 g/mol. The first-order valence-electron chi connectivity index (χ1n) is 15.4. The summed E-state index contributed by atoms with van der Waals surface area (Å²) in [6, 6.07) is 7.99. The van der Waals surface area contributed by atoms with Crippen LogP contribution in [0.2, 0.25) is 58.9 Å². The average Bonchev–Trinajstić information content (AvgIpc) is 3.45. The lowest BCUT2D eigenvalue weighted by molar-refractivity contribution is -0.153. The molecular formula is C31H52BrNO6Si3. The van der Waals surface area contributed by atoms with Crippen molar-refractivity contribution in [3.8, 4) is 11.5 Å². The van der Waals surface area contributed by atoms with Crippen LogP contribution in [-0.4, -0.2) is 73.2 Å². The zero-order chi connectivity index (χ0) is 31.0. The lowest BCUT2D eigenvalue weighted by Crippen LogP contribution is -2.58. The van der Waals surface area contributed by atoms with Gasteiger partial charge in [0.15, 0.2) is 25.0 Å². The summed E-state index contributed by atoms with van der Waals surface area (Å²) in [5, 5.41) is 0. The molecule has 2 aliphatic heterocycles. The number of hydrogen-bond acceptors (Lipinski definition) is 7. The zero-order valence-corrected chi connectivity index (χ0v) is 32.0. The third kappa shape index (κ3) is 9.93. The van der Waals surface area contributed by atoms with Gasteiger partial charge < -0.3 is 27.2 Å². The molecule has 42 heavy (non-hydrogen) atoms. The maximum Gasteiger partial charge on any atom is 0.226 e. The number of hydrogen-bond donors (Lipinski definition) is 0. The minimum atomic E-state index is -1.94. The van der Waals surface area contributed by atoms with Crippen molar-refractivity contribution in [1.82, 2.24) is 4.98 Å². The van der Waals surface area contributed by atoms with Crippen molar-refractivity contribution in [3.63, 3.8) is 0 Å². The molecule has 0 unspecified atom stereocenters. The van der Waals surface area contributed by atoms with E-state index in [9.17, 15) is 0 Å². The Bertz CT molecular complexity index is 1160. The summed E-state index contributed by atoms with van der Waals surface area (Å²) >= 11 is 3.50. The Hall–Kier alpha value is -0.639. The van der Waals surface area contributed by atoms with E-state index in [1.807, 2.05) is 30.5 Å². The normalized spacial score (nSPS) is 28.5. The highest BCUT2D eigenvalue weighted by Gasteiger charge is 2.51. The highest BCUT2D eigenvalue weighted by atomic mass is 79.9. The molecule has 2 saturated heterocycles. The van der Waals surface area contributed by atoms with Gasteiger partial charge in [-0.1, -0.05) is 22.9 Å². The summed E-state index contributed by atoms with van der Waals surface area (Å²) in [4.78, 5) is 4.56. The standard InChI is InChI=1S/C31H52BrNO6Si3/c1-20(21(2)37-40(3,4)5)28-27(36-28)16-23-19-34-26(30(39-42(9,10)11)29(23)38-41(6,7)8)17-25-18-33-31(35-25)22-12-14-24(32)15-13-22/h12-15,18,20-21,23,26-30H,16-17,19H2,1-11H3/t20-,21+,23+,26+,27+,28+,29-,30-/m1/s1. The van der Waals surface area contributed by atoms with Crippen LogP contribution in [0.1, 0.15) is 26.0 Å². The molecule has 0 radical (unpaired) electrons. The van der Waals surface area contributed by atoms with Crippen LogP contribution in [0.3, 0.4) is 0 Å². The van der Waals surface area contributed by atoms with E-state index in [-0.39, 0.29) is 42.5 Å². The molecule has 11 heteroatoms. The van der Waals surface area contributed by atoms with Crippen molar-refractivity contribution in [2.24, 2.45) is 11.8 Å². The molecule has 0 bridgehead atoms. The molecule has 2 fully saturated rings. The Kier molecular flexibility index (Phi) is 10.9. The maximum absolute atomic E-state index is 6.97. The minimum Gasteiger partial charge on any atom is -0.441 e. The van der Waals surface area contributed by atoms with E-state index in [0.717, 1.165) is 22.2 Å². The highest BCUT2D eigenvalue weighted by Crippen LogP contribution is 2.41. The number of oxazole rings is 1. The quantitative estimate of drug-likeness (QED) is 0.155. The van der Waals surface area contributed by atoms with E-state index in [0.29, 0.717) is 24.8 Å². The fourth-order valence-electron chi connectivity index (χ4n) is 5.78. The molecule has 0 spiro atoms. The summed E-state index contributed by atoms with van der Waals surface area (Å²) in [6.07, 6.45) is 3.46. The van der Waals surface area contributed by atoms with Gasteiger partial charge in [0.1, 0.15) is 5.76 Å². The van der Waals surface area contributed by atoms with E-state index in [4.69, 9.17) is 27.2 Å². The molecule has 1 aromatic heterocycles. The number of benzene rings is 1. The van der Waals surface area contributed by atoms with Crippen LogP contribution in [0.15, 0.2) is 39.4 Å². The molecule has 2 aromatic rings. The number of epoxide rings is 1. The monoisotopic (exact) mass is 697 g/mol. The van der Waals surface area contributed by atoms with Crippen LogP contribution in [0.5, 0.6) is 0 Å². The average molecular weight is 699 g/mol. The van der Waals surface area contributed by atoms with Gasteiger partial charge in [0.05, 0.1) is 43.3 Å². The van der Waals surface area contributed by atoms with Gasteiger partial charge in [0.2, 0.25) is 5.89 Å². The second kappa shape index (κ2) is 13.4. The van der Waals surface area contributed by atoms with E-state index >= 15 is 0 Å². The SMILES string of the molecule is C[C@@H]([C@@H]1O[C@H]1C[C@H]1CO[C@@H](Cc2cnc(-c3ccc(Br)cc3)o2)[C@@H](O[Si](C)(C)C)[C@@H]1O[Si](C)(C)C)[C@H](C)O[Si](C)(C)C. The topological polar surface area (TPSA) is 75.5 Å². The molecule has 236 valence electrons. The van der Waals surface area contributed by atoms with Crippen LogP contribution >= 0.6 is 15.9 Å². The predicted molar refractivity (Wildman–Crippen MR) is 179 cm³/mol. The molecule has 3 heterocycles. The fourth-order valence-corrected chi connectivity index (χ4v) is 9.62. The molecule has 0 saturated carbocycles. The lowest BCUT2D eigenvalue weighted by atomic mass is 9.86. The summed E-state index contributed by atoms with van der Waals surface area (Å²) in [5.74, 6) is 1.94. The molecule has 0 N–H and O–H groups in total. The fraction of sp³-hybridized carbons (Fsp3) is 0.710. The zero-order valence-electron chi connectivity index (χ0n) is 27.4. The second-order valence-corrected chi connectivity index (χ2v) is 29.3. The number of aromatic nitrogens is 1. The summed E-state index contributed by atoms with van der Waals surface area (Å²) in [6.45, 7) is 25.3. The lowest BCUT2D eigenvalue weighted by Gasteiger charge is -2.47. The minimum absolute atomic E-state index is 0.0631. The third-order valence-electron chi connectivity index (χ3n) is 7.66. The van der Waals surface area contributed by atoms with Crippen molar-refractivity contribution in [2.75, 3.05) is 6.61 Å². The van der Waals surface area contributed by atoms with Gasteiger partial charge in [0, 0.05) is 34.4 Å². The number of halogens is 1. The first-order valence-corrected chi connectivity index (χ1v) is 26.4. The molecule has 8 atom stereocenters. The number of ether oxygens (including phenoxy) is 2. The van der Waals surface area contributed by atoms with Gasteiger partial charge in [-0.25, -0.2) is 4.98 Å². The van der Waals surface area contributed by atoms with Gasteiger partial charge in [0.25, 0.3) is 0 Å². The van der Waals surface area contributed by atoms with Crippen LogP contribution < -0.4 is 0 Å². The van der Waals surface area contributed by atoms with Gasteiger partial charge in [-0.2, -0.15) is 0 Å². The number of nitrogens with zero attached hydrogens (tertiary/aromatic N) is 1. The van der Waals surface area contributed by atoms with Crippen molar-refractivity contribution < 1.29 is 27.2 Å². The van der Waals surface area contributed by atoms with Crippen LogP contribution in [0.25, 0.3) is 11.5 Å². The Balaban J connectivity index is 1.50. The molecule has 1 aromatic carbocycles. The van der Waals surface area contributed by atoms with E-state index in [1.165, 1.54) is 0 Å². The maximum atomic E-state index is 6.97. The van der Waals surface area contributed by atoms with Crippen LogP contribution in [0, 0.1) is 11.8 Å². The van der Waals surface area contributed by atoms with Crippen molar-refractivity contribution in [1.29, 1.82) is 0 Å². The first-order chi connectivity index (χ1) is 19.4. The second-order valence-electron chi connectivity index (χ2n) is 15.0.